The van der Waals surface area contributed by atoms with Gasteiger partial charge in [-0.25, -0.2) is 0 Å². The van der Waals surface area contributed by atoms with Crippen molar-refractivity contribution < 1.29 is 9.47 Å². The van der Waals surface area contributed by atoms with E-state index in [-0.39, 0.29) is 5.90 Å². The fourth-order valence-electron chi connectivity index (χ4n) is 0.963. The summed E-state index contributed by atoms with van der Waals surface area (Å²) in [7, 11) is 1.60. The van der Waals surface area contributed by atoms with Crippen molar-refractivity contribution in [2.24, 2.45) is 0 Å². The van der Waals surface area contributed by atoms with Crippen LogP contribution < -0.4 is 4.74 Å². The minimum atomic E-state index is 0.0824. The van der Waals surface area contributed by atoms with Gasteiger partial charge < -0.3 is 9.47 Å². The SMILES string of the molecule is COc1ccc(C(=N)O/C=C/CCl)cc1. The fraction of sp³-hybridized carbons (Fsp3) is 0.182. The molecule has 0 radical (unpaired) electrons. The quantitative estimate of drug-likeness (QED) is 0.371. The van der Waals surface area contributed by atoms with Gasteiger partial charge in [0.05, 0.1) is 13.4 Å². The molecule has 0 saturated carbocycles. The summed E-state index contributed by atoms with van der Waals surface area (Å²) < 4.78 is 10.0. The van der Waals surface area contributed by atoms with Crippen molar-refractivity contribution in [3.63, 3.8) is 0 Å². The van der Waals surface area contributed by atoms with E-state index in [1.807, 2.05) is 0 Å². The summed E-state index contributed by atoms with van der Waals surface area (Å²) in [6.45, 7) is 0. The zero-order valence-corrected chi connectivity index (χ0v) is 9.12. The van der Waals surface area contributed by atoms with Gasteiger partial charge in [-0.2, -0.15) is 0 Å². The summed E-state index contributed by atoms with van der Waals surface area (Å²) in [4.78, 5) is 0. The van der Waals surface area contributed by atoms with E-state index in [1.165, 1.54) is 6.26 Å². The molecule has 1 aromatic carbocycles. The molecule has 3 nitrogen and oxygen atoms in total. The Balaban J connectivity index is 2.62. The van der Waals surface area contributed by atoms with Crippen LogP contribution in [-0.4, -0.2) is 18.9 Å². The standard InChI is InChI=1S/C11H12ClNO2/c1-14-10-5-3-9(4-6-10)11(13)15-8-2-7-12/h2-6,8,13H,7H2,1H3/b8-2+,13-11?. The van der Waals surface area contributed by atoms with Crippen LogP contribution in [0.3, 0.4) is 0 Å². The van der Waals surface area contributed by atoms with Crippen molar-refractivity contribution in [3.8, 4) is 5.75 Å². The molecule has 0 saturated heterocycles. The highest BCUT2D eigenvalue weighted by Crippen LogP contribution is 2.11. The van der Waals surface area contributed by atoms with Crippen LogP contribution in [0.25, 0.3) is 0 Å². The second kappa shape index (κ2) is 6.09. The third-order valence-electron chi connectivity index (χ3n) is 1.72. The first-order valence-electron chi connectivity index (χ1n) is 4.38. The molecule has 0 aliphatic carbocycles. The lowest BCUT2D eigenvalue weighted by molar-refractivity contribution is 0.414. The Kier molecular flexibility index (Phi) is 4.71. The number of hydrogen-bond acceptors (Lipinski definition) is 3. The van der Waals surface area contributed by atoms with E-state index in [4.69, 9.17) is 26.5 Å². The topological polar surface area (TPSA) is 42.3 Å². The lowest BCUT2D eigenvalue weighted by Gasteiger charge is -2.03. The van der Waals surface area contributed by atoms with Crippen molar-refractivity contribution in [1.82, 2.24) is 0 Å². The summed E-state index contributed by atoms with van der Waals surface area (Å²) in [5.41, 5.74) is 0.690. The minimum Gasteiger partial charge on any atom is -0.497 e. The molecule has 1 aromatic rings. The van der Waals surface area contributed by atoms with Crippen LogP contribution in [0.2, 0.25) is 0 Å². The predicted molar refractivity (Wildman–Crippen MR) is 60.8 cm³/mol. The largest absolute Gasteiger partial charge is 0.497 e. The summed E-state index contributed by atoms with van der Waals surface area (Å²) >= 11 is 5.42. The molecule has 80 valence electrons. The molecule has 0 spiro atoms. The molecule has 0 bridgehead atoms. The van der Waals surface area contributed by atoms with E-state index in [9.17, 15) is 0 Å². The van der Waals surface area contributed by atoms with Crippen LogP contribution >= 0.6 is 11.6 Å². The van der Waals surface area contributed by atoms with Gasteiger partial charge in [0.2, 0.25) is 5.90 Å². The first-order chi connectivity index (χ1) is 7.27. The predicted octanol–water partition coefficient (Wildman–Crippen LogP) is 2.79. The highest BCUT2D eigenvalue weighted by atomic mass is 35.5. The van der Waals surface area contributed by atoms with E-state index in [0.29, 0.717) is 11.4 Å². The van der Waals surface area contributed by atoms with E-state index in [0.717, 1.165) is 5.75 Å². The summed E-state index contributed by atoms with van der Waals surface area (Å²) in [6, 6.07) is 7.07. The molecule has 1 rings (SSSR count). The average molecular weight is 226 g/mol. The first kappa shape index (κ1) is 11.6. The second-order valence-electron chi connectivity index (χ2n) is 2.70. The van der Waals surface area contributed by atoms with E-state index in [2.05, 4.69) is 0 Å². The van der Waals surface area contributed by atoms with Crippen LogP contribution in [0, 0.1) is 5.41 Å². The van der Waals surface area contributed by atoms with Gasteiger partial charge in [-0.3, -0.25) is 5.41 Å². The number of benzene rings is 1. The molecule has 0 aliphatic rings. The lowest BCUT2D eigenvalue weighted by atomic mass is 10.2. The maximum atomic E-state index is 7.58. The molecule has 0 unspecified atom stereocenters. The molecule has 4 heteroatoms. The van der Waals surface area contributed by atoms with Crippen LogP contribution in [0.1, 0.15) is 5.56 Å². The Bertz CT molecular complexity index is 346. The maximum Gasteiger partial charge on any atom is 0.218 e. The van der Waals surface area contributed by atoms with Gasteiger partial charge in [0, 0.05) is 11.4 Å². The van der Waals surface area contributed by atoms with Gasteiger partial charge in [0.25, 0.3) is 0 Å². The van der Waals surface area contributed by atoms with Gasteiger partial charge in [-0.15, -0.1) is 11.6 Å². The Labute approximate surface area is 93.8 Å². The second-order valence-corrected chi connectivity index (χ2v) is 3.01. The minimum absolute atomic E-state index is 0.0824. The van der Waals surface area contributed by atoms with Crippen molar-refractivity contribution in [3.05, 3.63) is 42.2 Å². The number of ether oxygens (including phenoxy) is 2. The highest BCUT2D eigenvalue weighted by molar-refractivity contribution is 6.18. The van der Waals surface area contributed by atoms with Gasteiger partial charge in [0.1, 0.15) is 5.75 Å². The van der Waals surface area contributed by atoms with Crippen LogP contribution in [0.15, 0.2) is 36.6 Å². The van der Waals surface area contributed by atoms with Gasteiger partial charge >= 0.3 is 0 Å². The van der Waals surface area contributed by atoms with Gasteiger partial charge in [0.15, 0.2) is 0 Å². The normalized spacial score (nSPS) is 10.3. The van der Waals surface area contributed by atoms with Crippen molar-refractivity contribution in [2.75, 3.05) is 13.0 Å². The van der Waals surface area contributed by atoms with Crippen LogP contribution in [-0.2, 0) is 4.74 Å². The first-order valence-corrected chi connectivity index (χ1v) is 4.92. The van der Waals surface area contributed by atoms with E-state index >= 15 is 0 Å². The number of methoxy groups -OCH3 is 1. The fourth-order valence-corrected chi connectivity index (χ4v) is 1.04. The lowest BCUT2D eigenvalue weighted by Crippen LogP contribution is -2.00. The maximum absolute atomic E-state index is 7.58. The number of allylic oxidation sites excluding steroid dienone is 1. The number of rotatable bonds is 4. The van der Waals surface area contributed by atoms with Gasteiger partial charge in [-0.05, 0) is 30.3 Å². The number of nitrogens with one attached hydrogen (secondary N) is 1. The Morgan fingerprint density at radius 1 is 1.40 bits per heavy atom. The van der Waals surface area contributed by atoms with Crippen molar-refractivity contribution in [2.45, 2.75) is 0 Å². The third-order valence-corrected chi connectivity index (χ3v) is 1.90. The molecule has 0 atom stereocenters. The highest BCUT2D eigenvalue weighted by Gasteiger charge is 2.00. The van der Waals surface area contributed by atoms with Crippen LogP contribution in [0.4, 0.5) is 0 Å². The van der Waals surface area contributed by atoms with Crippen LogP contribution in [0.5, 0.6) is 5.75 Å². The third kappa shape index (κ3) is 3.64. The zero-order valence-electron chi connectivity index (χ0n) is 8.37. The molecule has 0 heterocycles. The molecule has 0 fully saturated rings. The van der Waals surface area contributed by atoms with E-state index in [1.54, 1.807) is 37.5 Å². The molecular weight excluding hydrogens is 214 g/mol. The summed E-state index contributed by atoms with van der Waals surface area (Å²) in [5.74, 6) is 1.21. The molecule has 15 heavy (non-hydrogen) atoms. The Morgan fingerprint density at radius 2 is 2.07 bits per heavy atom. The Hall–Kier alpha value is -1.48. The monoisotopic (exact) mass is 225 g/mol. The van der Waals surface area contributed by atoms with Gasteiger partial charge in [-0.1, -0.05) is 0 Å². The number of hydrogen-bond donors (Lipinski definition) is 1. The van der Waals surface area contributed by atoms with E-state index < -0.39 is 0 Å². The zero-order chi connectivity index (χ0) is 11.1. The summed E-state index contributed by atoms with van der Waals surface area (Å²) in [6.07, 6.45) is 3.03. The molecule has 0 amide bonds. The Morgan fingerprint density at radius 3 is 2.60 bits per heavy atom. The smallest absolute Gasteiger partial charge is 0.218 e. The number of alkyl halides is 1. The average Bonchev–Trinajstić information content (AvgIpc) is 2.29. The summed E-state index contributed by atoms with van der Waals surface area (Å²) in [5, 5.41) is 7.58. The van der Waals surface area contributed by atoms with Crippen molar-refractivity contribution >= 4 is 17.5 Å². The van der Waals surface area contributed by atoms with Crippen molar-refractivity contribution in [1.29, 1.82) is 5.41 Å². The molecule has 0 aliphatic heterocycles. The number of halogens is 1. The molecule has 0 aromatic heterocycles. The molecular formula is C11H12ClNO2. The molecule has 1 N–H and O–H groups in total.